The van der Waals surface area contributed by atoms with Gasteiger partial charge in [-0.3, -0.25) is 4.79 Å². The maximum Gasteiger partial charge on any atom is 0.313 e. The second-order valence-corrected chi connectivity index (χ2v) is 4.19. The minimum atomic E-state index is -2.11. The zero-order valence-electron chi connectivity index (χ0n) is 9.15. The normalized spacial score (nSPS) is 15.5. The minimum absolute atomic E-state index is 0.181. The highest BCUT2D eigenvalue weighted by molar-refractivity contribution is 5.72. The van der Waals surface area contributed by atoms with Crippen molar-refractivity contribution in [3.63, 3.8) is 0 Å². The standard InChI is InChI=1S/C12H14F2O2/c1-12(2,14)9(11(15)16)10(13)8-6-4-3-5-7-8/h3-7,9-10H,1-2H3,(H,15,16)/t9-,10-/m0/s1. The van der Waals surface area contributed by atoms with Crippen molar-refractivity contribution in [2.75, 3.05) is 0 Å². The van der Waals surface area contributed by atoms with E-state index in [1.807, 2.05) is 0 Å². The first-order valence-electron chi connectivity index (χ1n) is 4.94. The molecule has 0 unspecified atom stereocenters. The Bertz CT molecular complexity index is 357. The molecule has 0 amide bonds. The highest BCUT2D eigenvalue weighted by Gasteiger charge is 2.42. The highest BCUT2D eigenvalue weighted by atomic mass is 19.2. The number of hydrogen-bond acceptors (Lipinski definition) is 1. The van der Waals surface area contributed by atoms with Gasteiger partial charge in [0.05, 0.1) is 0 Å². The molecule has 0 aliphatic carbocycles. The second kappa shape index (κ2) is 4.60. The fourth-order valence-electron chi connectivity index (χ4n) is 1.60. The van der Waals surface area contributed by atoms with Crippen LogP contribution in [-0.2, 0) is 4.79 Å². The first-order valence-corrected chi connectivity index (χ1v) is 4.94. The highest BCUT2D eigenvalue weighted by Crippen LogP contribution is 2.36. The largest absolute Gasteiger partial charge is 0.481 e. The third kappa shape index (κ3) is 2.78. The number of carbonyl (C=O) groups is 1. The van der Waals surface area contributed by atoms with E-state index < -0.39 is 23.7 Å². The average Bonchev–Trinajstić information content (AvgIpc) is 2.16. The molecule has 0 aromatic heterocycles. The summed E-state index contributed by atoms with van der Waals surface area (Å²) in [7, 11) is 0. The Morgan fingerprint density at radius 1 is 1.31 bits per heavy atom. The number of carboxylic acid groups (broad SMARTS) is 1. The fraction of sp³-hybridized carbons (Fsp3) is 0.417. The van der Waals surface area contributed by atoms with E-state index in [-0.39, 0.29) is 5.56 Å². The predicted octanol–water partition coefficient (Wildman–Crippen LogP) is 3.15. The lowest BCUT2D eigenvalue weighted by molar-refractivity contribution is -0.150. The van der Waals surface area contributed by atoms with Gasteiger partial charge in [0.1, 0.15) is 17.8 Å². The monoisotopic (exact) mass is 228 g/mol. The van der Waals surface area contributed by atoms with Crippen molar-refractivity contribution in [1.82, 2.24) is 0 Å². The quantitative estimate of drug-likeness (QED) is 0.859. The third-order valence-electron chi connectivity index (χ3n) is 2.42. The fourth-order valence-corrected chi connectivity index (χ4v) is 1.60. The van der Waals surface area contributed by atoms with E-state index in [1.165, 1.54) is 12.1 Å². The maximum absolute atomic E-state index is 13.9. The summed E-state index contributed by atoms with van der Waals surface area (Å²) in [6, 6.07) is 7.77. The molecular weight excluding hydrogens is 214 g/mol. The van der Waals surface area contributed by atoms with Gasteiger partial charge in [-0.1, -0.05) is 30.3 Å². The van der Waals surface area contributed by atoms with Gasteiger partial charge in [0.15, 0.2) is 0 Å². The van der Waals surface area contributed by atoms with Crippen LogP contribution in [0.3, 0.4) is 0 Å². The molecule has 1 aromatic rings. The SMILES string of the molecule is CC(C)(F)[C@H](C(=O)O)[C@@H](F)c1ccccc1. The van der Waals surface area contributed by atoms with E-state index in [1.54, 1.807) is 18.2 Å². The van der Waals surface area contributed by atoms with Gasteiger partial charge in [-0.05, 0) is 19.4 Å². The lowest BCUT2D eigenvalue weighted by Gasteiger charge is -2.26. The van der Waals surface area contributed by atoms with Crippen LogP contribution in [-0.4, -0.2) is 16.7 Å². The van der Waals surface area contributed by atoms with Crippen molar-refractivity contribution < 1.29 is 18.7 Å². The Hall–Kier alpha value is -1.45. The molecule has 0 saturated carbocycles. The van der Waals surface area contributed by atoms with Crippen molar-refractivity contribution in [3.8, 4) is 0 Å². The molecule has 0 bridgehead atoms. The van der Waals surface area contributed by atoms with Crippen molar-refractivity contribution >= 4 is 5.97 Å². The van der Waals surface area contributed by atoms with Crippen LogP contribution in [0.25, 0.3) is 0 Å². The summed E-state index contributed by atoms with van der Waals surface area (Å²) >= 11 is 0. The van der Waals surface area contributed by atoms with Crippen LogP contribution in [0.4, 0.5) is 8.78 Å². The number of carboxylic acids is 1. The molecule has 0 aliphatic rings. The van der Waals surface area contributed by atoms with Gasteiger partial charge in [-0.25, -0.2) is 8.78 Å². The summed E-state index contributed by atoms with van der Waals surface area (Å²) < 4.78 is 27.5. The van der Waals surface area contributed by atoms with Gasteiger partial charge in [0.2, 0.25) is 0 Å². The molecular formula is C12H14F2O2. The Morgan fingerprint density at radius 2 is 1.81 bits per heavy atom. The van der Waals surface area contributed by atoms with E-state index >= 15 is 0 Å². The van der Waals surface area contributed by atoms with E-state index in [0.29, 0.717) is 0 Å². The lowest BCUT2D eigenvalue weighted by atomic mass is 9.85. The Balaban J connectivity index is 3.02. The molecule has 16 heavy (non-hydrogen) atoms. The van der Waals surface area contributed by atoms with Gasteiger partial charge in [-0.15, -0.1) is 0 Å². The van der Waals surface area contributed by atoms with Gasteiger partial charge >= 0.3 is 5.97 Å². The Labute approximate surface area is 92.9 Å². The summed E-state index contributed by atoms with van der Waals surface area (Å²) in [6.45, 7) is 2.14. The first kappa shape index (κ1) is 12.6. The third-order valence-corrected chi connectivity index (χ3v) is 2.42. The maximum atomic E-state index is 13.9. The Kier molecular flexibility index (Phi) is 3.62. The van der Waals surface area contributed by atoms with Crippen molar-refractivity contribution in [2.24, 2.45) is 5.92 Å². The molecule has 0 fully saturated rings. The van der Waals surface area contributed by atoms with Crippen LogP contribution in [0.15, 0.2) is 30.3 Å². The molecule has 0 heterocycles. The van der Waals surface area contributed by atoms with Gasteiger partial charge in [0.25, 0.3) is 0 Å². The molecule has 1 N–H and O–H groups in total. The Morgan fingerprint density at radius 3 is 2.19 bits per heavy atom. The summed E-state index contributed by atoms with van der Waals surface area (Å²) in [5.74, 6) is -3.17. The predicted molar refractivity (Wildman–Crippen MR) is 56.6 cm³/mol. The number of hydrogen-bond donors (Lipinski definition) is 1. The molecule has 4 heteroatoms. The number of rotatable bonds is 4. The second-order valence-electron chi connectivity index (χ2n) is 4.19. The van der Waals surface area contributed by atoms with Crippen LogP contribution < -0.4 is 0 Å². The van der Waals surface area contributed by atoms with Gasteiger partial charge in [0, 0.05) is 0 Å². The zero-order chi connectivity index (χ0) is 12.3. The van der Waals surface area contributed by atoms with Crippen molar-refractivity contribution in [3.05, 3.63) is 35.9 Å². The molecule has 0 spiro atoms. The topological polar surface area (TPSA) is 37.3 Å². The summed E-state index contributed by atoms with van der Waals surface area (Å²) in [4.78, 5) is 10.9. The minimum Gasteiger partial charge on any atom is -0.481 e. The summed E-state index contributed by atoms with van der Waals surface area (Å²) in [5.41, 5.74) is -1.93. The molecule has 88 valence electrons. The smallest absolute Gasteiger partial charge is 0.313 e. The molecule has 1 rings (SSSR count). The van der Waals surface area contributed by atoms with E-state index in [0.717, 1.165) is 13.8 Å². The molecule has 0 radical (unpaired) electrons. The zero-order valence-corrected chi connectivity index (χ0v) is 9.15. The number of alkyl halides is 2. The van der Waals surface area contributed by atoms with Crippen LogP contribution in [0.1, 0.15) is 25.6 Å². The number of halogens is 2. The van der Waals surface area contributed by atoms with E-state index in [4.69, 9.17) is 5.11 Å². The average molecular weight is 228 g/mol. The molecule has 1 aromatic carbocycles. The van der Waals surface area contributed by atoms with Crippen LogP contribution >= 0.6 is 0 Å². The summed E-state index contributed by atoms with van der Waals surface area (Å²) in [6.07, 6.45) is -1.85. The van der Waals surface area contributed by atoms with Crippen LogP contribution in [0.5, 0.6) is 0 Å². The van der Waals surface area contributed by atoms with Gasteiger partial charge in [-0.2, -0.15) is 0 Å². The van der Waals surface area contributed by atoms with Gasteiger partial charge < -0.3 is 5.11 Å². The van der Waals surface area contributed by atoms with E-state index in [9.17, 15) is 13.6 Å². The number of aliphatic carboxylic acids is 1. The van der Waals surface area contributed by atoms with Crippen LogP contribution in [0, 0.1) is 5.92 Å². The van der Waals surface area contributed by atoms with Crippen LogP contribution in [0.2, 0.25) is 0 Å². The first-order chi connectivity index (χ1) is 7.34. The van der Waals surface area contributed by atoms with Crippen molar-refractivity contribution in [2.45, 2.75) is 25.7 Å². The van der Waals surface area contributed by atoms with Crippen molar-refractivity contribution in [1.29, 1.82) is 0 Å². The number of benzene rings is 1. The molecule has 2 atom stereocenters. The molecule has 0 aliphatic heterocycles. The molecule has 2 nitrogen and oxygen atoms in total. The summed E-state index contributed by atoms with van der Waals surface area (Å²) in [5, 5.41) is 8.86. The lowest BCUT2D eigenvalue weighted by Crippen LogP contribution is -2.36. The molecule has 0 saturated heterocycles. The van der Waals surface area contributed by atoms with E-state index in [2.05, 4.69) is 0 Å².